The molecule has 0 N–H and O–H groups in total. The number of aromatic nitrogens is 3. The van der Waals surface area contributed by atoms with Crippen LogP contribution in [-0.4, -0.2) is 14.5 Å². The van der Waals surface area contributed by atoms with E-state index >= 15 is 0 Å². The summed E-state index contributed by atoms with van der Waals surface area (Å²) in [5.74, 6) is 0. The fourth-order valence-electron chi connectivity index (χ4n) is 1.43. The van der Waals surface area contributed by atoms with Crippen LogP contribution in [0.5, 0.6) is 0 Å². The van der Waals surface area contributed by atoms with Gasteiger partial charge in [0.25, 0.3) is 0 Å². The quantitative estimate of drug-likeness (QED) is 0.834. The zero-order valence-corrected chi connectivity index (χ0v) is 11.1. The molecule has 0 aliphatic carbocycles. The highest BCUT2D eigenvalue weighted by Crippen LogP contribution is 2.27. The lowest BCUT2D eigenvalue weighted by molar-refractivity contribution is -0.141. The Morgan fingerprint density at radius 2 is 1.84 bits per heavy atom. The molecule has 19 heavy (non-hydrogen) atoms. The second kappa shape index (κ2) is 6.36. The van der Waals surface area contributed by atoms with Gasteiger partial charge in [0, 0.05) is 18.1 Å². The van der Waals surface area contributed by atoms with Crippen LogP contribution in [0.3, 0.4) is 0 Å². The molecule has 0 aliphatic heterocycles. The van der Waals surface area contributed by atoms with Crippen molar-refractivity contribution in [3.05, 3.63) is 47.8 Å². The number of nitrogens with zero attached hydrogens (tertiary/aromatic N) is 3. The van der Waals surface area contributed by atoms with Crippen molar-refractivity contribution in [1.82, 2.24) is 14.5 Å². The summed E-state index contributed by atoms with van der Waals surface area (Å²) >= 11 is 0. The molecule has 0 saturated carbocycles. The predicted octanol–water partition coefficient (Wildman–Crippen LogP) is 3.68. The summed E-state index contributed by atoms with van der Waals surface area (Å²) in [5, 5.41) is 0. The summed E-state index contributed by atoms with van der Waals surface area (Å²) in [6.45, 7) is 6.35. The number of rotatable bonds is 2. The third kappa shape index (κ3) is 4.08. The van der Waals surface area contributed by atoms with Gasteiger partial charge in [-0.15, -0.1) is 0 Å². The molecule has 2 aromatic heterocycles. The monoisotopic (exact) mass is 271 g/mol. The standard InChI is InChI=1S/C11H10F3N3.C2H6/c1-8-4-15-7-17(8)6-9-2-3-10(16-5-9)11(12,13)14;1-2/h2-5,7H,6H2,1H3;1-2H3. The highest BCUT2D eigenvalue weighted by Gasteiger charge is 2.31. The zero-order valence-electron chi connectivity index (χ0n) is 11.1. The third-order valence-electron chi connectivity index (χ3n) is 2.39. The maximum Gasteiger partial charge on any atom is 0.433 e. The van der Waals surface area contributed by atoms with Crippen molar-refractivity contribution >= 4 is 0 Å². The van der Waals surface area contributed by atoms with Gasteiger partial charge in [-0.25, -0.2) is 4.98 Å². The first kappa shape index (κ1) is 15.2. The van der Waals surface area contributed by atoms with Crippen LogP contribution in [0.25, 0.3) is 0 Å². The Hall–Kier alpha value is -1.85. The van der Waals surface area contributed by atoms with Crippen LogP contribution < -0.4 is 0 Å². The molecule has 0 aliphatic rings. The summed E-state index contributed by atoms with van der Waals surface area (Å²) in [6, 6.07) is 2.41. The summed E-state index contributed by atoms with van der Waals surface area (Å²) in [6.07, 6.45) is 0.177. The molecule has 0 fully saturated rings. The van der Waals surface area contributed by atoms with E-state index in [9.17, 15) is 13.2 Å². The normalized spacial score (nSPS) is 10.8. The Bertz CT molecular complexity index is 501. The third-order valence-corrected chi connectivity index (χ3v) is 2.39. The number of hydrogen-bond donors (Lipinski definition) is 0. The van der Waals surface area contributed by atoms with Crippen LogP contribution in [0.4, 0.5) is 13.2 Å². The van der Waals surface area contributed by atoms with Gasteiger partial charge in [-0.2, -0.15) is 13.2 Å². The first-order valence-electron chi connectivity index (χ1n) is 5.95. The van der Waals surface area contributed by atoms with Gasteiger partial charge in [0.15, 0.2) is 0 Å². The topological polar surface area (TPSA) is 30.7 Å². The molecule has 0 atom stereocenters. The predicted molar refractivity (Wildman–Crippen MR) is 66.7 cm³/mol. The van der Waals surface area contributed by atoms with Crippen molar-refractivity contribution in [2.24, 2.45) is 0 Å². The Morgan fingerprint density at radius 3 is 2.26 bits per heavy atom. The molecule has 0 unspecified atom stereocenters. The Kier molecular flexibility index (Phi) is 5.09. The Balaban J connectivity index is 0.000000861. The van der Waals surface area contributed by atoms with E-state index in [-0.39, 0.29) is 0 Å². The largest absolute Gasteiger partial charge is 0.433 e. The van der Waals surface area contributed by atoms with E-state index in [4.69, 9.17) is 0 Å². The van der Waals surface area contributed by atoms with Crippen LogP contribution in [0, 0.1) is 6.92 Å². The maximum absolute atomic E-state index is 12.3. The van der Waals surface area contributed by atoms with Gasteiger partial charge in [-0.05, 0) is 18.6 Å². The van der Waals surface area contributed by atoms with E-state index < -0.39 is 11.9 Å². The number of halogens is 3. The number of pyridine rings is 1. The van der Waals surface area contributed by atoms with E-state index in [1.807, 2.05) is 25.3 Å². The van der Waals surface area contributed by atoms with Gasteiger partial charge in [0.05, 0.1) is 12.9 Å². The average Bonchev–Trinajstić information content (AvgIpc) is 2.77. The molecular weight excluding hydrogens is 255 g/mol. The lowest BCUT2D eigenvalue weighted by atomic mass is 10.2. The molecule has 0 saturated heterocycles. The van der Waals surface area contributed by atoms with Crippen molar-refractivity contribution in [1.29, 1.82) is 0 Å². The molecule has 6 heteroatoms. The Labute approximate surface area is 110 Å². The fraction of sp³-hybridized carbons (Fsp3) is 0.385. The lowest BCUT2D eigenvalue weighted by Gasteiger charge is -2.08. The summed E-state index contributed by atoms with van der Waals surface area (Å²) in [5.41, 5.74) is 0.785. The number of imidazole rings is 1. The molecule has 2 aromatic rings. The van der Waals surface area contributed by atoms with Gasteiger partial charge in [0.2, 0.25) is 0 Å². The molecule has 0 radical (unpaired) electrons. The van der Waals surface area contributed by atoms with Crippen molar-refractivity contribution in [3.63, 3.8) is 0 Å². The number of aryl methyl sites for hydroxylation is 1. The highest BCUT2D eigenvalue weighted by atomic mass is 19.4. The smallest absolute Gasteiger partial charge is 0.330 e. The summed E-state index contributed by atoms with van der Waals surface area (Å²) in [4.78, 5) is 7.34. The SMILES string of the molecule is CC.Cc1cncn1Cc1ccc(C(F)(F)F)nc1. The number of alkyl halides is 3. The molecule has 104 valence electrons. The van der Waals surface area contributed by atoms with Crippen molar-refractivity contribution in [2.75, 3.05) is 0 Å². The lowest BCUT2D eigenvalue weighted by Crippen LogP contribution is -2.08. The molecular formula is C13H16F3N3. The zero-order chi connectivity index (χ0) is 14.5. The second-order valence-electron chi connectivity index (χ2n) is 3.71. The van der Waals surface area contributed by atoms with Crippen LogP contribution in [0.15, 0.2) is 30.9 Å². The van der Waals surface area contributed by atoms with E-state index in [1.54, 1.807) is 12.5 Å². The Morgan fingerprint density at radius 1 is 1.16 bits per heavy atom. The minimum Gasteiger partial charge on any atom is -0.330 e. The minimum absolute atomic E-state index is 0.469. The molecule has 0 spiro atoms. The van der Waals surface area contributed by atoms with Crippen molar-refractivity contribution in [2.45, 2.75) is 33.5 Å². The number of hydrogen-bond acceptors (Lipinski definition) is 2. The molecule has 2 heterocycles. The van der Waals surface area contributed by atoms with E-state index in [0.29, 0.717) is 12.1 Å². The molecule has 2 rings (SSSR count). The summed E-state index contributed by atoms with van der Waals surface area (Å²) < 4.78 is 38.7. The van der Waals surface area contributed by atoms with Gasteiger partial charge in [-0.3, -0.25) is 4.98 Å². The molecule has 0 amide bonds. The molecule has 0 aromatic carbocycles. The summed E-state index contributed by atoms with van der Waals surface area (Å²) in [7, 11) is 0. The van der Waals surface area contributed by atoms with E-state index in [1.165, 1.54) is 12.3 Å². The van der Waals surface area contributed by atoms with Crippen molar-refractivity contribution in [3.8, 4) is 0 Å². The van der Waals surface area contributed by atoms with Gasteiger partial charge < -0.3 is 4.57 Å². The van der Waals surface area contributed by atoms with E-state index in [2.05, 4.69) is 9.97 Å². The van der Waals surface area contributed by atoms with Gasteiger partial charge in [0.1, 0.15) is 5.69 Å². The second-order valence-corrected chi connectivity index (χ2v) is 3.71. The van der Waals surface area contributed by atoms with E-state index in [0.717, 1.165) is 11.8 Å². The molecule has 0 bridgehead atoms. The highest BCUT2D eigenvalue weighted by molar-refractivity contribution is 5.17. The maximum atomic E-state index is 12.3. The van der Waals surface area contributed by atoms with Crippen LogP contribution >= 0.6 is 0 Å². The van der Waals surface area contributed by atoms with Crippen molar-refractivity contribution < 1.29 is 13.2 Å². The van der Waals surface area contributed by atoms with Crippen LogP contribution in [-0.2, 0) is 12.7 Å². The first-order chi connectivity index (χ1) is 8.97. The van der Waals surface area contributed by atoms with Crippen LogP contribution in [0.2, 0.25) is 0 Å². The van der Waals surface area contributed by atoms with Crippen LogP contribution in [0.1, 0.15) is 30.8 Å². The van der Waals surface area contributed by atoms with Gasteiger partial charge >= 0.3 is 6.18 Å². The average molecular weight is 271 g/mol. The molecule has 3 nitrogen and oxygen atoms in total. The van der Waals surface area contributed by atoms with Gasteiger partial charge in [-0.1, -0.05) is 19.9 Å². The minimum atomic E-state index is -4.39. The fourth-order valence-corrected chi connectivity index (χ4v) is 1.43. The first-order valence-corrected chi connectivity index (χ1v) is 5.95.